The van der Waals surface area contributed by atoms with Gasteiger partial charge >= 0.3 is 0 Å². The zero-order chi connectivity index (χ0) is 16.2. The van der Waals surface area contributed by atoms with Crippen molar-refractivity contribution in [1.82, 2.24) is 10.1 Å². The Labute approximate surface area is 142 Å². The predicted octanol–water partition coefficient (Wildman–Crippen LogP) is 3.85. The van der Waals surface area contributed by atoms with Crippen LogP contribution in [0.25, 0.3) is 11.4 Å². The maximum absolute atomic E-state index is 5.94. The minimum Gasteiger partial charge on any atom is -0.487 e. The van der Waals surface area contributed by atoms with Gasteiger partial charge in [-0.25, -0.2) is 0 Å². The van der Waals surface area contributed by atoms with Crippen molar-refractivity contribution in [2.24, 2.45) is 5.73 Å². The van der Waals surface area contributed by atoms with E-state index in [0.717, 1.165) is 26.9 Å². The molecule has 0 atom stereocenters. The molecule has 1 aromatic heterocycles. The Kier molecular flexibility index (Phi) is 4.73. The molecule has 0 amide bonds. The molecule has 2 aromatic carbocycles. The lowest BCUT2D eigenvalue weighted by Gasteiger charge is -2.12. The van der Waals surface area contributed by atoms with Crippen molar-refractivity contribution in [3.63, 3.8) is 0 Å². The van der Waals surface area contributed by atoms with Crippen LogP contribution >= 0.6 is 15.9 Å². The van der Waals surface area contributed by atoms with E-state index in [9.17, 15) is 0 Å². The fourth-order valence-electron chi connectivity index (χ4n) is 2.23. The molecule has 0 spiro atoms. The second-order valence-electron chi connectivity index (χ2n) is 5.09. The van der Waals surface area contributed by atoms with E-state index in [4.69, 9.17) is 15.0 Å². The monoisotopic (exact) mass is 373 g/mol. The maximum atomic E-state index is 5.94. The number of ether oxygens (including phenoxy) is 1. The number of halogens is 1. The van der Waals surface area contributed by atoms with Crippen LogP contribution in [0.3, 0.4) is 0 Å². The number of nitrogens with two attached hydrogens (primary N) is 1. The molecule has 0 fully saturated rings. The molecule has 0 unspecified atom stereocenters. The Morgan fingerprint density at radius 2 is 2.00 bits per heavy atom. The summed E-state index contributed by atoms with van der Waals surface area (Å²) in [7, 11) is 0. The van der Waals surface area contributed by atoms with Gasteiger partial charge in [-0.15, -0.1) is 0 Å². The molecule has 0 saturated heterocycles. The fourth-order valence-corrected chi connectivity index (χ4v) is 2.90. The van der Waals surface area contributed by atoms with E-state index in [1.165, 1.54) is 0 Å². The van der Waals surface area contributed by atoms with E-state index < -0.39 is 0 Å². The number of nitrogens with zero attached hydrogens (tertiary/aromatic N) is 2. The molecular formula is C17H16BrN3O2. The van der Waals surface area contributed by atoms with Gasteiger partial charge in [0, 0.05) is 5.56 Å². The predicted molar refractivity (Wildman–Crippen MR) is 90.8 cm³/mol. The number of rotatable bonds is 5. The van der Waals surface area contributed by atoms with Crippen LogP contribution in [0.1, 0.15) is 17.0 Å². The molecule has 0 aliphatic carbocycles. The van der Waals surface area contributed by atoms with E-state index >= 15 is 0 Å². The first-order valence-corrected chi connectivity index (χ1v) is 7.96. The van der Waals surface area contributed by atoms with Crippen molar-refractivity contribution in [3.05, 3.63) is 64.0 Å². The van der Waals surface area contributed by atoms with Crippen LogP contribution in [0, 0.1) is 6.92 Å². The first-order valence-electron chi connectivity index (χ1n) is 7.17. The summed E-state index contributed by atoms with van der Waals surface area (Å²) >= 11 is 3.56. The fraction of sp³-hybridized carbons (Fsp3) is 0.176. The van der Waals surface area contributed by atoms with Crippen molar-refractivity contribution in [3.8, 4) is 17.1 Å². The van der Waals surface area contributed by atoms with E-state index in [2.05, 4.69) is 26.1 Å². The van der Waals surface area contributed by atoms with Crippen LogP contribution in [0.15, 0.2) is 51.5 Å². The van der Waals surface area contributed by atoms with Gasteiger partial charge in [0.2, 0.25) is 11.7 Å². The van der Waals surface area contributed by atoms with Crippen LogP contribution in [0.4, 0.5) is 0 Å². The zero-order valence-electron chi connectivity index (χ0n) is 12.6. The lowest BCUT2D eigenvalue weighted by Crippen LogP contribution is -1.98. The normalized spacial score (nSPS) is 10.7. The Hall–Kier alpha value is -2.18. The molecule has 0 bridgehead atoms. The third kappa shape index (κ3) is 3.60. The first-order chi connectivity index (χ1) is 11.2. The number of benzene rings is 2. The van der Waals surface area contributed by atoms with E-state index in [-0.39, 0.29) is 6.54 Å². The highest BCUT2D eigenvalue weighted by molar-refractivity contribution is 9.10. The summed E-state index contributed by atoms with van der Waals surface area (Å²) in [4.78, 5) is 4.24. The zero-order valence-corrected chi connectivity index (χ0v) is 14.2. The van der Waals surface area contributed by atoms with Crippen molar-refractivity contribution < 1.29 is 9.26 Å². The third-order valence-electron chi connectivity index (χ3n) is 3.36. The molecule has 6 heteroatoms. The Morgan fingerprint density at radius 3 is 2.65 bits per heavy atom. The molecule has 2 N–H and O–H groups in total. The Morgan fingerprint density at radius 1 is 1.22 bits per heavy atom. The largest absolute Gasteiger partial charge is 0.487 e. The molecule has 3 aromatic rings. The van der Waals surface area contributed by atoms with Crippen LogP contribution in [-0.2, 0) is 13.2 Å². The smallest absolute Gasteiger partial charge is 0.240 e. The SMILES string of the molecule is Cc1cc(-c2noc(CN)n2)cc(Br)c1OCc1ccccc1. The topological polar surface area (TPSA) is 74.2 Å². The highest BCUT2D eigenvalue weighted by Gasteiger charge is 2.13. The second kappa shape index (κ2) is 6.93. The summed E-state index contributed by atoms with van der Waals surface area (Å²) in [5, 5.41) is 3.93. The third-order valence-corrected chi connectivity index (χ3v) is 3.95. The second-order valence-corrected chi connectivity index (χ2v) is 5.95. The highest BCUT2D eigenvalue weighted by atomic mass is 79.9. The van der Waals surface area contributed by atoms with Gasteiger partial charge in [0.25, 0.3) is 0 Å². The van der Waals surface area contributed by atoms with Crippen LogP contribution < -0.4 is 10.5 Å². The van der Waals surface area contributed by atoms with Gasteiger partial charge in [-0.05, 0) is 46.1 Å². The summed E-state index contributed by atoms with van der Waals surface area (Å²) in [5.41, 5.74) is 8.46. The van der Waals surface area contributed by atoms with E-state index in [1.54, 1.807) is 0 Å². The first kappa shape index (κ1) is 15.7. The molecule has 0 saturated carbocycles. The highest BCUT2D eigenvalue weighted by Crippen LogP contribution is 2.34. The Bertz CT molecular complexity index is 780. The number of hydrogen-bond acceptors (Lipinski definition) is 5. The van der Waals surface area contributed by atoms with E-state index in [0.29, 0.717) is 18.3 Å². The molecule has 1 heterocycles. The summed E-state index contributed by atoms with van der Waals surface area (Å²) in [6, 6.07) is 13.9. The molecule has 0 radical (unpaired) electrons. The molecule has 3 rings (SSSR count). The van der Waals surface area contributed by atoms with E-state index in [1.807, 2.05) is 49.4 Å². The van der Waals surface area contributed by atoms with Gasteiger partial charge in [-0.3, -0.25) is 0 Å². The average molecular weight is 374 g/mol. The van der Waals surface area contributed by atoms with Crippen molar-refractivity contribution in [1.29, 1.82) is 0 Å². The van der Waals surface area contributed by atoms with Gasteiger partial charge < -0.3 is 15.0 Å². The summed E-state index contributed by atoms with van der Waals surface area (Å²) in [6.45, 7) is 2.73. The maximum Gasteiger partial charge on any atom is 0.240 e. The number of aromatic nitrogens is 2. The van der Waals surface area contributed by atoms with Crippen LogP contribution in [0.2, 0.25) is 0 Å². The molecular weight excluding hydrogens is 358 g/mol. The summed E-state index contributed by atoms with van der Waals surface area (Å²) in [5.74, 6) is 1.74. The lowest BCUT2D eigenvalue weighted by atomic mass is 10.1. The van der Waals surface area contributed by atoms with Gasteiger partial charge in [0.1, 0.15) is 12.4 Å². The minimum absolute atomic E-state index is 0.228. The van der Waals surface area contributed by atoms with Crippen LogP contribution in [0.5, 0.6) is 5.75 Å². The Balaban J connectivity index is 1.82. The number of hydrogen-bond donors (Lipinski definition) is 1. The molecule has 5 nitrogen and oxygen atoms in total. The minimum atomic E-state index is 0.228. The summed E-state index contributed by atoms with van der Waals surface area (Å²) < 4.78 is 11.8. The summed E-state index contributed by atoms with van der Waals surface area (Å²) in [6.07, 6.45) is 0. The number of aryl methyl sites for hydroxylation is 1. The van der Waals surface area contributed by atoms with Gasteiger partial charge in [0.05, 0.1) is 11.0 Å². The quantitative estimate of drug-likeness (QED) is 0.735. The lowest BCUT2D eigenvalue weighted by molar-refractivity contribution is 0.302. The average Bonchev–Trinajstić information content (AvgIpc) is 3.04. The standard InChI is InChI=1S/C17H16BrN3O2/c1-11-7-13(17-20-15(9-19)23-21-17)8-14(18)16(11)22-10-12-5-3-2-4-6-12/h2-8H,9-10,19H2,1H3. The van der Waals surface area contributed by atoms with Crippen LogP contribution in [-0.4, -0.2) is 10.1 Å². The van der Waals surface area contributed by atoms with Crippen molar-refractivity contribution in [2.75, 3.05) is 0 Å². The van der Waals surface area contributed by atoms with Gasteiger partial charge in [0.15, 0.2) is 0 Å². The molecule has 0 aliphatic rings. The molecule has 0 aliphatic heterocycles. The molecule has 23 heavy (non-hydrogen) atoms. The van der Waals surface area contributed by atoms with Crippen molar-refractivity contribution in [2.45, 2.75) is 20.1 Å². The van der Waals surface area contributed by atoms with Gasteiger partial charge in [-0.2, -0.15) is 4.98 Å². The van der Waals surface area contributed by atoms with Crippen molar-refractivity contribution >= 4 is 15.9 Å². The molecule has 118 valence electrons. The van der Waals surface area contributed by atoms with Gasteiger partial charge in [-0.1, -0.05) is 35.5 Å².